The van der Waals surface area contributed by atoms with Crippen LogP contribution in [0.1, 0.15) is 22.4 Å². The Bertz CT molecular complexity index is 1650. The molecule has 0 saturated heterocycles. The summed E-state index contributed by atoms with van der Waals surface area (Å²) in [5, 5.41) is 1.11. The topological polar surface area (TPSA) is 74.8 Å². The van der Waals surface area contributed by atoms with Crippen molar-refractivity contribution in [3.63, 3.8) is 0 Å². The van der Waals surface area contributed by atoms with E-state index in [1.165, 1.54) is 12.4 Å². The normalized spacial score (nSPS) is 11.7. The van der Waals surface area contributed by atoms with Gasteiger partial charge in [0.25, 0.3) is 5.56 Å². The molecule has 0 fully saturated rings. The summed E-state index contributed by atoms with van der Waals surface area (Å²) in [5.74, 6) is 0.498. The molecular formula is C26H19ClF3N5O2. The second-order valence-electron chi connectivity index (χ2n) is 8.33. The summed E-state index contributed by atoms with van der Waals surface area (Å²) in [7, 11) is 0. The van der Waals surface area contributed by atoms with Gasteiger partial charge < -0.3 is 13.9 Å². The zero-order valence-electron chi connectivity index (χ0n) is 19.4. The number of imidazole rings is 1. The van der Waals surface area contributed by atoms with E-state index >= 15 is 0 Å². The summed E-state index contributed by atoms with van der Waals surface area (Å²) < 4.78 is 48.5. The lowest BCUT2D eigenvalue weighted by Gasteiger charge is -2.16. The van der Waals surface area contributed by atoms with Gasteiger partial charge in [-0.05, 0) is 30.7 Å². The molecule has 4 heterocycles. The SMILES string of the molecule is Cc1cc(-n2ccnc2)c2cccc(OCc3c(Cl)cncc3Cn3cc(C(F)(F)F)ccc3=O)c2n1. The number of nitrogens with zero attached hydrogens (tertiary/aromatic N) is 5. The Morgan fingerprint density at radius 1 is 1.11 bits per heavy atom. The van der Waals surface area contributed by atoms with Crippen molar-refractivity contribution in [3.05, 3.63) is 111 Å². The van der Waals surface area contributed by atoms with E-state index < -0.39 is 17.3 Å². The van der Waals surface area contributed by atoms with Crippen LogP contribution < -0.4 is 10.3 Å². The Balaban J connectivity index is 1.49. The van der Waals surface area contributed by atoms with Crippen molar-refractivity contribution in [1.82, 2.24) is 24.1 Å². The summed E-state index contributed by atoms with van der Waals surface area (Å²) >= 11 is 6.41. The zero-order valence-corrected chi connectivity index (χ0v) is 20.2. The summed E-state index contributed by atoms with van der Waals surface area (Å²) in [5.41, 5.74) is 1.74. The van der Waals surface area contributed by atoms with Gasteiger partial charge in [0.1, 0.15) is 17.9 Å². The molecule has 4 aromatic heterocycles. The van der Waals surface area contributed by atoms with Gasteiger partial charge in [-0.1, -0.05) is 23.7 Å². The van der Waals surface area contributed by atoms with Gasteiger partial charge in [-0.3, -0.25) is 9.78 Å². The van der Waals surface area contributed by atoms with E-state index in [0.717, 1.165) is 39.7 Å². The summed E-state index contributed by atoms with van der Waals surface area (Å²) in [6.45, 7) is 1.70. The Labute approximate surface area is 213 Å². The molecule has 0 unspecified atom stereocenters. The highest BCUT2D eigenvalue weighted by molar-refractivity contribution is 6.31. The number of halogens is 4. The number of fused-ring (bicyclic) bond motifs is 1. The fraction of sp³-hybridized carbons (Fsp3) is 0.154. The first kappa shape index (κ1) is 24.5. The molecule has 11 heteroatoms. The lowest BCUT2D eigenvalue weighted by molar-refractivity contribution is -0.138. The van der Waals surface area contributed by atoms with Crippen LogP contribution in [0, 0.1) is 6.92 Å². The van der Waals surface area contributed by atoms with E-state index in [2.05, 4.69) is 15.0 Å². The first-order chi connectivity index (χ1) is 17.7. The van der Waals surface area contributed by atoms with Crippen molar-refractivity contribution in [3.8, 4) is 11.4 Å². The van der Waals surface area contributed by atoms with Crippen molar-refractivity contribution < 1.29 is 17.9 Å². The lowest BCUT2D eigenvalue weighted by Crippen LogP contribution is -2.22. The van der Waals surface area contributed by atoms with E-state index in [4.69, 9.17) is 16.3 Å². The molecule has 7 nitrogen and oxygen atoms in total. The van der Waals surface area contributed by atoms with Gasteiger partial charge >= 0.3 is 6.18 Å². The van der Waals surface area contributed by atoms with Crippen LogP contribution in [0.25, 0.3) is 16.6 Å². The van der Waals surface area contributed by atoms with Crippen LogP contribution in [0.4, 0.5) is 13.2 Å². The van der Waals surface area contributed by atoms with Crippen molar-refractivity contribution in [2.45, 2.75) is 26.3 Å². The van der Waals surface area contributed by atoms with Gasteiger partial charge in [0.2, 0.25) is 0 Å². The smallest absolute Gasteiger partial charge is 0.417 e. The number of hydrogen-bond acceptors (Lipinski definition) is 5. The fourth-order valence-electron chi connectivity index (χ4n) is 4.02. The van der Waals surface area contributed by atoms with Crippen molar-refractivity contribution in [2.24, 2.45) is 0 Å². The number of hydrogen-bond donors (Lipinski definition) is 0. The van der Waals surface area contributed by atoms with E-state index in [1.807, 2.05) is 35.9 Å². The highest BCUT2D eigenvalue weighted by atomic mass is 35.5. The highest BCUT2D eigenvalue weighted by Gasteiger charge is 2.31. The van der Waals surface area contributed by atoms with Gasteiger partial charge in [-0.15, -0.1) is 0 Å². The Morgan fingerprint density at radius 2 is 1.95 bits per heavy atom. The van der Waals surface area contributed by atoms with Crippen LogP contribution in [-0.4, -0.2) is 24.1 Å². The Hall–Kier alpha value is -4.18. The predicted octanol–water partition coefficient (Wildman–Crippen LogP) is 5.59. The number of aromatic nitrogens is 5. The molecule has 0 spiro atoms. The van der Waals surface area contributed by atoms with Gasteiger partial charge in [0, 0.05) is 53.7 Å². The van der Waals surface area contributed by atoms with E-state index in [0.29, 0.717) is 22.4 Å². The number of benzene rings is 1. The second kappa shape index (κ2) is 9.70. The van der Waals surface area contributed by atoms with E-state index in [-0.39, 0.29) is 18.2 Å². The van der Waals surface area contributed by atoms with Crippen molar-refractivity contribution in [1.29, 1.82) is 0 Å². The van der Waals surface area contributed by atoms with Crippen LogP contribution >= 0.6 is 11.6 Å². The fourth-order valence-corrected chi connectivity index (χ4v) is 4.25. The molecule has 0 bridgehead atoms. The quantitative estimate of drug-likeness (QED) is 0.289. The molecule has 5 rings (SSSR count). The van der Waals surface area contributed by atoms with Crippen LogP contribution in [0.15, 0.2) is 78.5 Å². The molecule has 37 heavy (non-hydrogen) atoms. The van der Waals surface area contributed by atoms with E-state index in [1.54, 1.807) is 18.6 Å². The maximum atomic E-state index is 13.2. The van der Waals surface area contributed by atoms with Crippen LogP contribution in [-0.2, 0) is 19.3 Å². The average Bonchev–Trinajstić information content (AvgIpc) is 3.39. The molecule has 0 atom stereocenters. The maximum absolute atomic E-state index is 13.2. The van der Waals surface area contributed by atoms with Gasteiger partial charge in [0.05, 0.1) is 29.1 Å². The predicted molar refractivity (Wildman–Crippen MR) is 132 cm³/mol. The zero-order chi connectivity index (χ0) is 26.2. The average molecular weight is 526 g/mol. The number of para-hydroxylation sites is 1. The first-order valence-electron chi connectivity index (χ1n) is 11.1. The standard InChI is InChI=1S/C26H19ClF3N5O2/c1-16-9-22(34-8-7-31-15-34)19-3-2-4-23(25(19)33-16)37-14-20-17(10-32-11-21(20)27)12-35-13-18(26(28,29)30)5-6-24(35)36/h2-11,13,15H,12,14H2,1H3. The molecule has 0 N–H and O–H groups in total. The molecule has 0 amide bonds. The molecule has 0 saturated carbocycles. The third-order valence-electron chi connectivity index (χ3n) is 5.81. The van der Waals surface area contributed by atoms with Gasteiger partial charge in [-0.25, -0.2) is 9.97 Å². The number of ether oxygens (including phenoxy) is 1. The lowest BCUT2D eigenvalue weighted by atomic mass is 10.1. The van der Waals surface area contributed by atoms with Crippen LogP contribution in [0.2, 0.25) is 5.02 Å². The number of pyridine rings is 3. The second-order valence-corrected chi connectivity index (χ2v) is 8.74. The first-order valence-corrected chi connectivity index (χ1v) is 11.5. The van der Waals surface area contributed by atoms with Crippen LogP contribution in [0.5, 0.6) is 5.75 Å². The number of rotatable bonds is 6. The summed E-state index contributed by atoms with van der Waals surface area (Å²) in [4.78, 5) is 25.1. The molecule has 5 aromatic rings. The minimum atomic E-state index is -4.58. The largest absolute Gasteiger partial charge is 0.487 e. The summed E-state index contributed by atoms with van der Waals surface area (Å²) in [6.07, 6.45) is 4.29. The molecular weight excluding hydrogens is 507 g/mol. The molecule has 0 aliphatic rings. The molecule has 188 valence electrons. The van der Waals surface area contributed by atoms with Gasteiger partial charge in [0.15, 0.2) is 0 Å². The molecule has 0 radical (unpaired) electrons. The molecule has 0 aliphatic carbocycles. The molecule has 1 aromatic carbocycles. The van der Waals surface area contributed by atoms with E-state index in [9.17, 15) is 18.0 Å². The monoisotopic (exact) mass is 525 g/mol. The summed E-state index contributed by atoms with van der Waals surface area (Å²) in [6, 6.07) is 9.13. The van der Waals surface area contributed by atoms with Crippen molar-refractivity contribution in [2.75, 3.05) is 0 Å². The maximum Gasteiger partial charge on any atom is 0.417 e. The minimum absolute atomic E-state index is 0.0143. The molecule has 0 aliphatic heterocycles. The number of aryl methyl sites for hydroxylation is 1. The number of alkyl halides is 3. The third-order valence-corrected chi connectivity index (χ3v) is 6.13. The van der Waals surface area contributed by atoms with Gasteiger partial charge in [-0.2, -0.15) is 13.2 Å². The Morgan fingerprint density at radius 3 is 2.70 bits per heavy atom. The van der Waals surface area contributed by atoms with Crippen molar-refractivity contribution >= 4 is 22.5 Å². The third kappa shape index (κ3) is 5.05. The van der Waals surface area contributed by atoms with Crippen LogP contribution in [0.3, 0.4) is 0 Å². The minimum Gasteiger partial charge on any atom is -0.487 e. The highest BCUT2D eigenvalue weighted by Crippen LogP contribution is 2.31. The Kier molecular flexibility index (Phi) is 6.43.